The molecule has 8 N–H and O–H groups in total. The van der Waals surface area contributed by atoms with Crippen molar-refractivity contribution in [1.82, 2.24) is 5.01 Å². The summed E-state index contributed by atoms with van der Waals surface area (Å²) in [5, 5.41) is 12.5. The number of nitrogens with zero attached hydrogens (tertiary/aromatic N) is 1. The second-order valence-corrected chi connectivity index (χ2v) is 6.86. The number of rotatable bonds is 4. The number of allylic oxidation sites excluding steroid dienone is 2. The lowest BCUT2D eigenvalue weighted by atomic mass is 9.98. The van der Waals surface area contributed by atoms with E-state index in [4.69, 9.17) is 22.7 Å². The molecular formula is C22H23FN6O. The molecule has 0 saturated heterocycles. The van der Waals surface area contributed by atoms with Crippen LogP contribution >= 0.6 is 0 Å². The van der Waals surface area contributed by atoms with Crippen molar-refractivity contribution in [2.24, 2.45) is 11.6 Å². The Hall–Kier alpha value is -3.91. The van der Waals surface area contributed by atoms with E-state index in [1.165, 1.54) is 23.3 Å². The van der Waals surface area contributed by atoms with Gasteiger partial charge in [-0.1, -0.05) is 12.1 Å². The Morgan fingerprint density at radius 3 is 2.53 bits per heavy atom. The fourth-order valence-electron chi connectivity index (χ4n) is 3.29. The molecule has 0 spiro atoms. The highest BCUT2D eigenvalue weighted by Crippen LogP contribution is 2.28. The number of hydrogen-bond donors (Lipinski definition) is 5. The number of amides is 1. The lowest BCUT2D eigenvalue weighted by Crippen LogP contribution is -2.34. The topological polar surface area (TPSA) is 134 Å². The van der Waals surface area contributed by atoms with Gasteiger partial charge < -0.3 is 16.8 Å². The monoisotopic (exact) mass is 406 g/mol. The van der Waals surface area contributed by atoms with Gasteiger partial charge in [0.25, 0.3) is 5.91 Å². The number of carbonyl (C=O) groups is 1. The van der Waals surface area contributed by atoms with E-state index in [0.29, 0.717) is 39.5 Å². The van der Waals surface area contributed by atoms with E-state index in [1.54, 1.807) is 50.3 Å². The average Bonchev–Trinajstić information content (AvgIpc) is 2.72. The predicted molar refractivity (Wildman–Crippen MR) is 117 cm³/mol. The summed E-state index contributed by atoms with van der Waals surface area (Å²) in [5.41, 5.74) is 14.9. The number of nitrogens with one attached hydrogen (secondary N) is 2. The Labute approximate surface area is 173 Å². The van der Waals surface area contributed by atoms with Crippen LogP contribution in [-0.2, 0) is 4.79 Å². The molecule has 2 aromatic rings. The Morgan fingerprint density at radius 2 is 1.87 bits per heavy atom. The third-order valence-electron chi connectivity index (χ3n) is 4.88. The third-order valence-corrected chi connectivity index (χ3v) is 4.88. The Kier molecular flexibility index (Phi) is 5.70. The SMILES string of the molecule is CC1=C/C(=C/N)N(N)C(C)=C1C(=O)Nc1ccc(N)c(C(=N)c2ccccc2F)c1. The van der Waals surface area contributed by atoms with Crippen LogP contribution in [0.2, 0.25) is 0 Å². The zero-order valence-electron chi connectivity index (χ0n) is 16.7. The molecule has 30 heavy (non-hydrogen) atoms. The maximum atomic E-state index is 14.1. The van der Waals surface area contributed by atoms with Gasteiger partial charge >= 0.3 is 0 Å². The van der Waals surface area contributed by atoms with Crippen molar-refractivity contribution in [2.45, 2.75) is 13.8 Å². The van der Waals surface area contributed by atoms with Gasteiger partial charge in [-0.25, -0.2) is 10.2 Å². The number of nitrogens with two attached hydrogens (primary N) is 3. The van der Waals surface area contributed by atoms with E-state index in [0.717, 1.165) is 0 Å². The number of nitrogen functional groups attached to an aromatic ring is 1. The van der Waals surface area contributed by atoms with E-state index in [1.807, 2.05) is 0 Å². The van der Waals surface area contributed by atoms with Crippen molar-refractivity contribution < 1.29 is 9.18 Å². The van der Waals surface area contributed by atoms with Gasteiger partial charge in [0.15, 0.2) is 0 Å². The van der Waals surface area contributed by atoms with Gasteiger partial charge in [-0.3, -0.25) is 15.2 Å². The van der Waals surface area contributed by atoms with Crippen LogP contribution in [0.4, 0.5) is 15.8 Å². The molecule has 1 heterocycles. The molecule has 0 saturated carbocycles. The molecule has 0 fully saturated rings. The summed E-state index contributed by atoms with van der Waals surface area (Å²) in [6.07, 6.45) is 3.08. The summed E-state index contributed by atoms with van der Waals surface area (Å²) < 4.78 is 14.1. The van der Waals surface area contributed by atoms with Gasteiger partial charge in [0.1, 0.15) is 5.82 Å². The zero-order chi connectivity index (χ0) is 22.0. The fourth-order valence-corrected chi connectivity index (χ4v) is 3.29. The van der Waals surface area contributed by atoms with Crippen LogP contribution in [-0.4, -0.2) is 16.6 Å². The molecule has 0 bridgehead atoms. The molecule has 154 valence electrons. The first-order valence-electron chi connectivity index (χ1n) is 9.15. The van der Waals surface area contributed by atoms with Gasteiger partial charge in [-0.2, -0.15) is 0 Å². The number of halogens is 1. The fraction of sp³-hybridized carbons (Fsp3) is 0.0909. The highest BCUT2D eigenvalue weighted by molar-refractivity contribution is 6.15. The Morgan fingerprint density at radius 1 is 1.17 bits per heavy atom. The van der Waals surface area contributed by atoms with Crippen molar-refractivity contribution in [1.29, 1.82) is 5.41 Å². The summed E-state index contributed by atoms with van der Waals surface area (Å²) >= 11 is 0. The maximum Gasteiger partial charge on any atom is 0.257 e. The first-order valence-corrected chi connectivity index (χ1v) is 9.15. The molecule has 2 aromatic carbocycles. The first kappa shape index (κ1) is 20.8. The highest BCUT2D eigenvalue weighted by atomic mass is 19.1. The van der Waals surface area contributed by atoms with E-state index in [9.17, 15) is 9.18 Å². The molecule has 1 aliphatic rings. The highest BCUT2D eigenvalue weighted by Gasteiger charge is 2.24. The van der Waals surface area contributed by atoms with Crippen molar-refractivity contribution >= 4 is 23.0 Å². The summed E-state index contributed by atoms with van der Waals surface area (Å²) in [7, 11) is 0. The van der Waals surface area contributed by atoms with E-state index < -0.39 is 5.82 Å². The van der Waals surface area contributed by atoms with Crippen LogP contribution in [0.5, 0.6) is 0 Å². The molecule has 1 amide bonds. The first-order chi connectivity index (χ1) is 14.2. The van der Waals surface area contributed by atoms with E-state index >= 15 is 0 Å². The molecule has 0 radical (unpaired) electrons. The minimum Gasteiger partial charge on any atom is -0.403 e. The molecule has 0 atom stereocenters. The van der Waals surface area contributed by atoms with Crippen LogP contribution in [0.15, 0.2) is 77.3 Å². The summed E-state index contributed by atoms with van der Waals surface area (Å²) in [6, 6.07) is 10.7. The van der Waals surface area contributed by atoms with Crippen molar-refractivity contribution in [3.63, 3.8) is 0 Å². The lowest BCUT2D eigenvalue weighted by molar-refractivity contribution is -0.112. The minimum atomic E-state index is -0.521. The summed E-state index contributed by atoms with van der Waals surface area (Å²) in [6.45, 7) is 3.51. The number of carbonyl (C=O) groups excluding carboxylic acids is 1. The van der Waals surface area contributed by atoms with Crippen LogP contribution < -0.4 is 22.6 Å². The minimum absolute atomic E-state index is 0.0725. The number of benzene rings is 2. The number of hydrazine groups is 1. The normalized spacial score (nSPS) is 15.3. The van der Waals surface area contributed by atoms with Crippen LogP contribution in [0.25, 0.3) is 0 Å². The van der Waals surface area contributed by atoms with Gasteiger partial charge in [0.05, 0.1) is 17.0 Å². The summed E-state index contributed by atoms with van der Waals surface area (Å²) in [4.78, 5) is 12.9. The molecule has 8 heteroatoms. The van der Waals surface area contributed by atoms with E-state index in [2.05, 4.69) is 5.32 Å². The second-order valence-electron chi connectivity index (χ2n) is 6.86. The Bertz CT molecular complexity index is 1130. The molecule has 7 nitrogen and oxygen atoms in total. The molecule has 0 aromatic heterocycles. The molecule has 0 aliphatic carbocycles. The van der Waals surface area contributed by atoms with Gasteiger partial charge in [-0.05, 0) is 55.8 Å². The lowest BCUT2D eigenvalue weighted by Gasteiger charge is -2.28. The van der Waals surface area contributed by atoms with Gasteiger partial charge in [-0.15, -0.1) is 0 Å². The van der Waals surface area contributed by atoms with Crippen molar-refractivity contribution in [3.05, 3.63) is 94.2 Å². The van der Waals surface area contributed by atoms with Crippen LogP contribution in [0.3, 0.4) is 0 Å². The van der Waals surface area contributed by atoms with E-state index in [-0.39, 0.29) is 17.2 Å². The standard InChI is InChI=1S/C22H23FN6O/c1-12-9-15(11-24)29(27)13(2)20(12)22(30)28-14-7-8-19(25)17(10-14)21(26)16-5-3-4-6-18(16)23/h3-11,26H,24-25,27H2,1-2H3,(H,28,30)/b15-11-,26-21?. The molecule has 1 aliphatic heterocycles. The maximum absolute atomic E-state index is 14.1. The summed E-state index contributed by atoms with van der Waals surface area (Å²) in [5.74, 6) is 5.11. The predicted octanol–water partition coefficient (Wildman–Crippen LogP) is 2.97. The zero-order valence-corrected chi connectivity index (χ0v) is 16.7. The van der Waals surface area contributed by atoms with Crippen molar-refractivity contribution in [3.8, 4) is 0 Å². The molecule has 3 rings (SSSR count). The van der Waals surface area contributed by atoms with Crippen LogP contribution in [0.1, 0.15) is 25.0 Å². The smallest absolute Gasteiger partial charge is 0.257 e. The Balaban J connectivity index is 1.92. The van der Waals surface area contributed by atoms with Gasteiger partial charge in [0, 0.05) is 34.4 Å². The largest absolute Gasteiger partial charge is 0.403 e. The van der Waals surface area contributed by atoms with Gasteiger partial charge in [0.2, 0.25) is 0 Å². The molecule has 0 unspecified atom stereocenters. The number of anilines is 2. The van der Waals surface area contributed by atoms with Crippen LogP contribution in [0, 0.1) is 11.2 Å². The quantitative estimate of drug-likeness (QED) is 0.302. The average molecular weight is 406 g/mol. The second kappa shape index (κ2) is 8.22. The number of hydrogen-bond acceptors (Lipinski definition) is 6. The van der Waals surface area contributed by atoms with Crippen molar-refractivity contribution in [2.75, 3.05) is 11.1 Å². The third kappa shape index (κ3) is 3.81. The molecular weight excluding hydrogens is 383 g/mol.